The molecule has 12 heteroatoms. The minimum Gasteiger partial charge on any atom is -0.387 e. The highest BCUT2D eigenvalue weighted by molar-refractivity contribution is 6.38. The van der Waals surface area contributed by atoms with Crippen LogP contribution in [-0.4, -0.2) is 76.8 Å². The number of hydrogen-bond acceptors (Lipinski definition) is 7. The van der Waals surface area contributed by atoms with E-state index in [-0.39, 0.29) is 31.3 Å². The number of carbonyl (C=O) groups is 5. The van der Waals surface area contributed by atoms with Crippen LogP contribution >= 0.6 is 11.6 Å². The molecule has 262 valence electrons. The summed E-state index contributed by atoms with van der Waals surface area (Å²) in [6.45, 7) is 7.73. The number of hydrogen-bond donors (Lipinski definition) is 3. The van der Waals surface area contributed by atoms with Crippen LogP contribution in [0.3, 0.4) is 0 Å². The predicted molar refractivity (Wildman–Crippen MR) is 182 cm³/mol. The third-order valence-electron chi connectivity index (χ3n) is 10.1. The van der Waals surface area contributed by atoms with Crippen LogP contribution in [0.2, 0.25) is 5.02 Å². The zero-order valence-electron chi connectivity index (χ0n) is 28.6. The number of oxime groups is 1. The van der Waals surface area contributed by atoms with E-state index in [0.29, 0.717) is 35.9 Å². The molecule has 5 rings (SSSR count). The first-order valence-corrected chi connectivity index (χ1v) is 17.9. The van der Waals surface area contributed by atoms with Crippen molar-refractivity contribution < 1.29 is 28.8 Å². The van der Waals surface area contributed by atoms with Crippen LogP contribution < -0.4 is 16.0 Å². The molecule has 0 bridgehead atoms. The van der Waals surface area contributed by atoms with E-state index in [1.807, 2.05) is 32.9 Å². The molecule has 1 aromatic carbocycles. The summed E-state index contributed by atoms with van der Waals surface area (Å²) in [6, 6.07) is 4.31. The van der Waals surface area contributed by atoms with Gasteiger partial charge in [0.05, 0.1) is 18.3 Å². The number of nitrogens with one attached hydrogen (secondary N) is 3. The third kappa shape index (κ3) is 8.76. The van der Waals surface area contributed by atoms with Gasteiger partial charge < -0.3 is 25.7 Å². The van der Waals surface area contributed by atoms with Gasteiger partial charge in [-0.05, 0) is 55.6 Å². The van der Waals surface area contributed by atoms with Crippen LogP contribution in [0, 0.1) is 17.3 Å². The van der Waals surface area contributed by atoms with Crippen LogP contribution in [0.4, 0.5) is 0 Å². The minimum atomic E-state index is -1.02. The Labute approximate surface area is 288 Å². The highest BCUT2D eigenvalue weighted by atomic mass is 35.5. The normalized spacial score (nSPS) is 24.0. The zero-order valence-corrected chi connectivity index (χ0v) is 29.4. The summed E-state index contributed by atoms with van der Waals surface area (Å²) in [7, 11) is 0. The van der Waals surface area contributed by atoms with Gasteiger partial charge in [-0.3, -0.25) is 24.0 Å². The molecule has 1 spiro atoms. The Bertz CT molecular complexity index is 1430. The standard InChI is InChI=1S/C36H50ClN5O6/c1-5-38-33(46)30(44)26(16-23-14-15-23)39-32(45)28-20-36(19-27(41-48-36)24-12-9-13-25(37)18-24)21-42(28)34(47)31(35(2,3)4)40-29(43)17-22-10-7-6-8-11-22/h9,12-13,18,22-23,26,28,31H,5-8,10-11,14-17,19-21H2,1-4H3,(H,38,46)(H,39,45)(H,40,43)/t26-,28-,31+,36+/m0/s1. The quantitative estimate of drug-likeness (QED) is 0.280. The van der Waals surface area contributed by atoms with Crippen molar-refractivity contribution >= 4 is 46.7 Å². The molecule has 48 heavy (non-hydrogen) atoms. The largest absolute Gasteiger partial charge is 0.387 e. The highest BCUT2D eigenvalue weighted by Crippen LogP contribution is 2.41. The number of rotatable bonds is 12. The van der Waals surface area contributed by atoms with Gasteiger partial charge in [-0.2, -0.15) is 0 Å². The Morgan fingerprint density at radius 2 is 1.77 bits per heavy atom. The maximum absolute atomic E-state index is 14.6. The number of likely N-dealkylation sites (N-methyl/N-ethyl adjacent to an activating group) is 1. The van der Waals surface area contributed by atoms with Crippen molar-refractivity contribution in [1.82, 2.24) is 20.9 Å². The molecule has 3 N–H and O–H groups in total. The SMILES string of the molecule is CCNC(=O)C(=O)[C@H](CC1CC1)NC(=O)[C@@H]1C[C@]2(CC(c3cccc(Cl)c3)=NO2)CN1C(=O)[C@@H](NC(=O)CC1CCCCC1)C(C)(C)C. The monoisotopic (exact) mass is 683 g/mol. The van der Waals surface area contributed by atoms with E-state index in [2.05, 4.69) is 21.1 Å². The Morgan fingerprint density at radius 1 is 1.04 bits per heavy atom. The summed E-state index contributed by atoms with van der Waals surface area (Å²) in [4.78, 5) is 75.3. The first-order chi connectivity index (χ1) is 22.8. The van der Waals surface area contributed by atoms with Gasteiger partial charge in [0.15, 0.2) is 5.60 Å². The van der Waals surface area contributed by atoms with Crippen molar-refractivity contribution in [3.63, 3.8) is 0 Å². The smallest absolute Gasteiger partial charge is 0.289 e. The number of ketones is 1. The topological polar surface area (TPSA) is 146 Å². The molecule has 2 aliphatic carbocycles. The fourth-order valence-electron chi connectivity index (χ4n) is 7.23. The van der Waals surface area contributed by atoms with E-state index in [1.165, 1.54) is 11.3 Å². The van der Waals surface area contributed by atoms with Gasteiger partial charge in [0.25, 0.3) is 5.91 Å². The maximum atomic E-state index is 14.6. The van der Waals surface area contributed by atoms with Crippen molar-refractivity contribution in [1.29, 1.82) is 0 Å². The molecular formula is C36H50ClN5O6. The lowest BCUT2D eigenvalue weighted by Gasteiger charge is -2.36. The van der Waals surface area contributed by atoms with Crippen molar-refractivity contribution in [2.45, 2.75) is 122 Å². The van der Waals surface area contributed by atoms with E-state index in [9.17, 15) is 24.0 Å². The van der Waals surface area contributed by atoms with Gasteiger partial charge >= 0.3 is 0 Å². The van der Waals surface area contributed by atoms with Gasteiger partial charge in [0.2, 0.25) is 23.5 Å². The third-order valence-corrected chi connectivity index (χ3v) is 10.3. The maximum Gasteiger partial charge on any atom is 0.289 e. The number of likely N-dealkylation sites (tertiary alicyclic amines) is 1. The van der Waals surface area contributed by atoms with E-state index >= 15 is 0 Å². The average Bonchev–Trinajstić information content (AvgIpc) is 3.64. The summed E-state index contributed by atoms with van der Waals surface area (Å²) in [5.74, 6) is -2.01. The Hall–Kier alpha value is -3.47. The number of amides is 4. The fourth-order valence-corrected chi connectivity index (χ4v) is 7.42. The van der Waals surface area contributed by atoms with Crippen LogP contribution in [0.15, 0.2) is 29.4 Å². The van der Waals surface area contributed by atoms with Gasteiger partial charge in [-0.15, -0.1) is 0 Å². The van der Waals surface area contributed by atoms with Crippen LogP contribution in [0.25, 0.3) is 0 Å². The van der Waals surface area contributed by atoms with Gasteiger partial charge in [-0.25, -0.2) is 0 Å². The van der Waals surface area contributed by atoms with Gasteiger partial charge in [0, 0.05) is 36.4 Å². The van der Waals surface area contributed by atoms with Crippen molar-refractivity contribution in [3.8, 4) is 0 Å². The molecule has 2 aliphatic heterocycles. The zero-order chi connectivity index (χ0) is 34.6. The fraction of sp³-hybridized carbons (Fsp3) is 0.667. The molecule has 4 atom stereocenters. The predicted octanol–water partition coefficient (Wildman–Crippen LogP) is 4.30. The molecule has 2 saturated carbocycles. The molecule has 0 radical (unpaired) electrons. The van der Waals surface area contributed by atoms with Crippen molar-refractivity contribution in [2.24, 2.45) is 22.4 Å². The van der Waals surface area contributed by atoms with Crippen molar-refractivity contribution in [3.05, 3.63) is 34.9 Å². The second-order valence-corrected chi connectivity index (χ2v) is 15.7. The van der Waals surface area contributed by atoms with Crippen molar-refractivity contribution in [2.75, 3.05) is 13.1 Å². The molecule has 0 unspecified atom stereocenters. The molecule has 1 saturated heterocycles. The molecule has 0 aromatic heterocycles. The number of halogens is 1. The first kappa shape index (κ1) is 35.8. The molecule has 1 aromatic rings. The first-order valence-electron chi connectivity index (χ1n) is 17.5. The Balaban J connectivity index is 1.39. The van der Waals surface area contributed by atoms with Crippen LogP contribution in [0.1, 0.15) is 104 Å². The highest BCUT2D eigenvalue weighted by Gasteiger charge is 2.56. The number of carbonyl (C=O) groups excluding carboxylic acids is 5. The second-order valence-electron chi connectivity index (χ2n) is 15.2. The molecule has 2 heterocycles. The summed E-state index contributed by atoms with van der Waals surface area (Å²) in [5.41, 5.74) is -0.237. The summed E-state index contributed by atoms with van der Waals surface area (Å²) < 4.78 is 0. The average molecular weight is 684 g/mol. The lowest BCUT2D eigenvalue weighted by Crippen LogP contribution is -2.59. The van der Waals surface area contributed by atoms with E-state index in [4.69, 9.17) is 16.4 Å². The summed E-state index contributed by atoms with van der Waals surface area (Å²) >= 11 is 6.25. The van der Waals surface area contributed by atoms with Crippen LogP contribution in [-0.2, 0) is 28.8 Å². The molecule has 4 aliphatic rings. The summed E-state index contributed by atoms with van der Waals surface area (Å²) in [6.07, 6.45) is 8.42. The number of nitrogens with zero attached hydrogens (tertiary/aromatic N) is 2. The Morgan fingerprint density at radius 3 is 2.42 bits per heavy atom. The molecule has 4 amide bonds. The van der Waals surface area contributed by atoms with Crippen LogP contribution in [0.5, 0.6) is 0 Å². The number of benzene rings is 1. The lowest BCUT2D eigenvalue weighted by molar-refractivity contribution is -0.145. The van der Waals surface area contributed by atoms with E-state index < -0.39 is 52.6 Å². The number of Topliss-reactive ketones (excluding diaryl/α,β-unsaturated/α-hetero) is 1. The van der Waals surface area contributed by atoms with Gasteiger partial charge in [0.1, 0.15) is 12.1 Å². The Kier molecular flexibility index (Phi) is 11.2. The molecule has 11 nitrogen and oxygen atoms in total. The second kappa shape index (κ2) is 15.0. The summed E-state index contributed by atoms with van der Waals surface area (Å²) in [5, 5.41) is 13.3. The van der Waals surface area contributed by atoms with E-state index in [1.54, 1.807) is 19.1 Å². The molecular weight excluding hydrogens is 634 g/mol. The lowest BCUT2D eigenvalue weighted by atomic mass is 9.84. The van der Waals surface area contributed by atoms with Gasteiger partial charge in [-0.1, -0.05) is 81.8 Å². The minimum absolute atomic E-state index is 0.0557. The molecule has 3 fully saturated rings. The van der Waals surface area contributed by atoms with E-state index in [0.717, 1.165) is 44.1 Å².